The molecule has 0 saturated carbocycles. The van der Waals surface area contributed by atoms with Gasteiger partial charge in [-0.05, 0) is 30.2 Å². The van der Waals surface area contributed by atoms with Crippen molar-refractivity contribution in [3.63, 3.8) is 0 Å². The van der Waals surface area contributed by atoms with E-state index in [-0.39, 0.29) is 12.1 Å². The van der Waals surface area contributed by atoms with Crippen LogP contribution < -0.4 is 10.2 Å². The summed E-state index contributed by atoms with van der Waals surface area (Å²) in [6.07, 6.45) is 0. The summed E-state index contributed by atoms with van der Waals surface area (Å²) in [5, 5.41) is 18.0. The third-order valence-corrected chi connectivity index (χ3v) is 2.88. The standard InChI is InChI=1S/C14H13BF2O3/c1-9-2-4-11(16)7-14(9)20-8-10-3-5-13(17)12(6-10)15(18)19/h2-7,18-19H,8H2,1H3. The van der Waals surface area contributed by atoms with E-state index in [1.165, 1.54) is 24.3 Å². The number of ether oxygens (including phenoxy) is 1. The average Bonchev–Trinajstić information content (AvgIpc) is 2.41. The molecule has 0 bridgehead atoms. The molecule has 0 aromatic heterocycles. The highest BCUT2D eigenvalue weighted by atomic mass is 19.1. The van der Waals surface area contributed by atoms with Crippen molar-refractivity contribution in [1.82, 2.24) is 0 Å². The summed E-state index contributed by atoms with van der Waals surface area (Å²) >= 11 is 0. The molecule has 0 amide bonds. The van der Waals surface area contributed by atoms with Gasteiger partial charge in [-0.2, -0.15) is 0 Å². The fourth-order valence-corrected chi connectivity index (χ4v) is 1.77. The van der Waals surface area contributed by atoms with Crippen LogP contribution in [0.5, 0.6) is 5.75 Å². The van der Waals surface area contributed by atoms with Crippen LogP contribution in [-0.4, -0.2) is 17.2 Å². The average molecular weight is 278 g/mol. The fraction of sp³-hybridized carbons (Fsp3) is 0.143. The molecule has 0 aliphatic heterocycles. The van der Waals surface area contributed by atoms with Crippen molar-refractivity contribution in [3.05, 3.63) is 59.2 Å². The smallest absolute Gasteiger partial charge is 0.489 e. The van der Waals surface area contributed by atoms with Gasteiger partial charge in [0.2, 0.25) is 0 Å². The molecule has 2 aromatic carbocycles. The highest BCUT2D eigenvalue weighted by Gasteiger charge is 2.17. The highest BCUT2D eigenvalue weighted by Crippen LogP contribution is 2.20. The van der Waals surface area contributed by atoms with Crippen molar-refractivity contribution < 1.29 is 23.6 Å². The lowest BCUT2D eigenvalue weighted by Crippen LogP contribution is -2.33. The van der Waals surface area contributed by atoms with Gasteiger partial charge in [0.1, 0.15) is 24.0 Å². The zero-order chi connectivity index (χ0) is 14.7. The van der Waals surface area contributed by atoms with Gasteiger partial charge in [-0.15, -0.1) is 0 Å². The van der Waals surface area contributed by atoms with E-state index in [0.29, 0.717) is 11.3 Å². The molecule has 0 aliphatic carbocycles. The molecule has 0 saturated heterocycles. The first-order valence-electron chi connectivity index (χ1n) is 6.01. The minimum atomic E-state index is -1.88. The quantitative estimate of drug-likeness (QED) is 0.834. The van der Waals surface area contributed by atoms with Crippen LogP contribution in [0.2, 0.25) is 0 Å². The highest BCUT2D eigenvalue weighted by molar-refractivity contribution is 6.58. The molecule has 2 rings (SSSR count). The van der Waals surface area contributed by atoms with Gasteiger partial charge < -0.3 is 14.8 Å². The van der Waals surface area contributed by atoms with Gasteiger partial charge in [-0.1, -0.05) is 18.2 Å². The Morgan fingerprint density at radius 3 is 2.55 bits per heavy atom. The zero-order valence-electron chi connectivity index (χ0n) is 10.8. The maximum Gasteiger partial charge on any atom is 0.491 e. The Labute approximate surface area is 115 Å². The molecule has 3 nitrogen and oxygen atoms in total. The molecule has 0 unspecified atom stereocenters. The SMILES string of the molecule is Cc1ccc(F)cc1OCc1ccc(F)c(B(O)O)c1. The van der Waals surface area contributed by atoms with Crippen LogP contribution in [0.1, 0.15) is 11.1 Å². The van der Waals surface area contributed by atoms with Crippen molar-refractivity contribution in [3.8, 4) is 5.75 Å². The number of halogens is 2. The van der Waals surface area contributed by atoms with Crippen LogP contribution in [0.25, 0.3) is 0 Å². The normalized spacial score (nSPS) is 10.4. The molecular formula is C14H13BF2O3. The van der Waals surface area contributed by atoms with Crippen LogP contribution in [0.3, 0.4) is 0 Å². The van der Waals surface area contributed by atoms with Gasteiger partial charge in [-0.3, -0.25) is 0 Å². The Balaban J connectivity index is 2.15. The van der Waals surface area contributed by atoms with Crippen LogP contribution in [0, 0.1) is 18.6 Å². The van der Waals surface area contributed by atoms with Crippen LogP contribution in [0.4, 0.5) is 8.78 Å². The van der Waals surface area contributed by atoms with Gasteiger partial charge in [0.15, 0.2) is 0 Å². The van der Waals surface area contributed by atoms with E-state index in [1.807, 2.05) is 0 Å². The van der Waals surface area contributed by atoms with E-state index >= 15 is 0 Å². The molecule has 2 aromatic rings. The topological polar surface area (TPSA) is 49.7 Å². The number of hydrogen-bond donors (Lipinski definition) is 2. The molecule has 0 radical (unpaired) electrons. The molecular weight excluding hydrogens is 265 g/mol. The van der Waals surface area contributed by atoms with Crippen LogP contribution in [-0.2, 0) is 6.61 Å². The molecule has 0 spiro atoms. The number of hydrogen-bond acceptors (Lipinski definition) is 3. The lowest BCUT2D eigenvalue weighted by molar-refractivity contribution is 0.302. The first kappa shape index (κ1) is 14.5. The number of benzene rings is 2. The second-order valence-electron chi connectivity index (χ2n) is 4.43. The Kier molecular flexibility index (Phi) is 4.37. The number of aryl methyl sites for hydroxylation is 1. The minimum Gasteiger partial charge on any atom is -0.489 e. The molecule has 0 atom stereocenters. The summed E-state index contributed by atoms with van der Waals surface area (Å²) in [6.45, 7) is 1.85. The van der Waals surface area contributed by atoms with Gasteiger partial charge in [0.25, 0.3) is 0 Å². The van der Waals surface area contributed by atoms with Gasteiger partial charge >= 0.3 is 7.12 Å². The predicted molar refractivity (Wildman–Crippen MR) is 71.7 cm³/mol. The summed E-state index contributed by atoms with van der Waals surface area (Å²) in [4.78, 5) is 0. The third kappa shape index (κ3) is 3.34. The number of rotatable bonds is 4. The Morgan fingerprint density at radius 2 is 1.85 bits per heavy atom. The summed E-state index contributed by atoms with van der Waals surface area (Å²) in [5.74, 6) is -0.720. The van der Waals surface area contributed by atoms with Crippen LogP contribution in [0.15, 0.2) is 36.4 Å². The predicted octanol–water partition coefficient (Wildman–Crippen LogP) is 1.53. The van der Waals surface area contributed by atoms with Crippen molar-refractivity contribution in [2.45, 2.75) is 13.5 Å². The molecule has 20 heavy (non-hydrogen) atoms. The summed E-state index contributed by atoms with van der Waals surface area (Å²) in [7, 11) is -1.88. The monoisotopic (exact) mass is 278 g/mol. The molecule has 0 aliphatic rings. The molecule has 2 N–H and O–H groups in total. The summed E-state index contributed by atoms with van der Waals surface area (Å²) < 4.78 is 31.8. The largest absolute Gasteiger partial charge is 0.491 e. The van der Waals surface area contributed by atoms with Crippen molar-refractivity contribution in [1.29, 1.82) is 0 Å². The van der Waals surface area contributed by atoms with Gasteiger partial charge in [-0.25, -0.2) is 8.78 Å². The van der Waals surface area contributed by atoms with Crippen molar-refractivity contribution >= 4 is 12.6 Å². The first-order valence-corrected chi connectivity index (χ1v) is 6.01. The molecule has 6 heteroatoms. The first-order chi connectivity index (χ1) is 9.47. The van der Waals surface area contributed by atoms with Gasteiger partial charge in [0, 0.05) is 11.5 Å². The van der Waals surface area contributed by atoms with Gasteiger partial charge in [0.05, 0.1) is 0 Å². The maximum atomic E-state index is 13.3. The van der Waals surface area contributed by atoms with E-state index in [1.54, 1.807) is 13.0 Å². The summed E-state index contributed by atoms with van der Waals surface area (Å²) in [5.41, 5.74) is 1.11. The van der Waals surface area contributed by atoms with E-state index < -0.39 is 18.8 Å². The molecule has 0 heterocycles. The van der Waals surface area contributed by atoms with Crippen LogP contribution >= 0.6 is 0 Å². The summed E-state index contributed by atoms with van der Waals surface area (Å²) in [6, 6.07) is 8.09. The van der Waals surface area contributed by atoms with E-state index in [2.05, 4.69) is 0 Å². The lowest BCUT2D eigenvalue weighted by Gasteiger charge is -2.10. The zero-order valence-corrected chi connectivity index (χ0v) is 10.8. The Bertz CT molecular complexity index is 617. The molecule has 0 fully saturated rings. The minimum absolute atomic E-state index is 0.0737. The van der Waals surface area contributed by atoms with Crippen molar-refractivity contribution in [2.75, 3.05) is 0 Å². The Morgan fingerprint density at radius 1 is 1.10 bits per heavy atom. The molecule has 104 valence electrons. The maximum absolute atomic E-state index is 13.3. The van der Waals surface area contributed by atoms with E-state index in [0.717, 1.165) is 11.6 Å². The third-order valence-electron chi connectivity index (χ3n) is 2.88. The van der Waals surface area contributed by atoms with E-state index in [4.69, 9.17) is 14.8 Å². The lowest BCUT2D eigenvalue weighted by atomic mass is 9.79. The van der Waals surface area contributed by atoms with E-state index in [9.17, 15) is 8.78 Å². The second kappa shape index (κ2) is 6.03. The fourth-order valence-electron chi connectivity index (χ4n) is 1.77. The second-order valence-corrected chi connectivity index (χ2v) is 4.43. The Hall–Kier alpha value is -1.92. The van der Waals surface area contributed by atoms with Crippen molar-refractivity contribution in [2.24, 2.45) is 0 Å².